The number of methoxy groups -OCH3 is 1. The Bertz CT molecular complexity index is 1200. The number of halogens is 1. The number of aromatic hydroxyl groups is 1. The molecule has 0 aromatic heterocycles. The van der Waals surface area contributed by atoms with Crippen LogP contribution in [-0.2, 0) is 9.59 Å². The molecule has 7 nitrogen and oxygen atoms in total. The van der Waals surface area contributed by atoms with Crippen molar-refractivity contribution in [2.45, 2.75) is 39.0 Å². The Balaban J connectivity index is 1.85. The molecule has 2 atom stereocenters. The van der Waals surface area contributed by atoms with Gasteiger partial charge in [-0.25, -0.2) is 0 Å². The van der Waals surface area contributed by atoms with Crippen LogP contribution in [0.3, 0.4) is 0 Å². The Morgan fingerprint density at radius 2 is 1.97 bits per heavy atom. The number of anilines is 1. The van der Waals surface area contributed by atoms with Crippen LogP contribution < -0.4 is 14.8 Å². The van der Waals surface area contributed by atoms with Crippen LogP contribution in [0.5, 0.6) is 17.2 Å². The Hall–Kier alpha value is -3.13. The lowest BCUT2D eigenvalue weighted by atomic mass is 9.69. The highest BCUT2D eigenvalue weighted by atomic mass is 79.9. The maximum Gasteiger partial charge on any atom is 0.254 e. The van der Waals surface area contributed by atoms with E-state index in [1.807, 2.05) is 19.1 Å². The highest BCUT2D eigenvalue weighted by Crippen LogP contribution is 2.46. The monoisotopic (exact) mass is 526 g/mol. The summed E-state index contributed by atoms with van der Waals surface area (Å²) in [5.41, 5.74) is 3.01. The van der Waals surface area contributed by atoms with Crippen molar-refractivity contribution in [3.8, 4) is 17.2 Å². The van der Waals surface area contributed by atoms with E-state index < -0.39 is 11.8 Å². The summed E-state index contributed by atoms with van der Waals surface area (Å²) < 4.78 is 11.4. The maximum absolute atomic E-state index is 13.7. The third kappa shape index (κ3) is 4.46. The van der Waals surface area contributed by atoms with Crippen molar-refractivity contribution >= 4 is 39.0 Å². The van der Waals surface area contributed by atoms with Gasteiger partial charge in [-0.3, -0.25) is 14.6 Å². The van der Waals surface area contributed by atoms with Gasteiger partial charge in [-0.1, -0.05) is 12.1 Å². The number of nitrogens with one attached hydrogen (secondary N) is 1. The van der Waals surface area contributed by atoms with Crippen molar-refractivity contribution in [1.82, 2.24) is 0 Å². The van der Waals surface area contributed by atoms with E-state index in [1.54, 1.807) is 38.3 Å². The number of aliphatic imine (C=N–C) groups is 1. The van der Waals surface area contributed by atoms with Crippen LogP contribution >= 0.6 is 15.9 Å². The summed E-state index contributed by atoms with van der Waals surface area (Å²) in [6, 6.07) is 10.6. The number of ketones is 1. The predicted molar refractivity (Wildman–Crippen MR) is 134 cm³/mol. The van der Waals surface area contributed by atoms with Gasteiger partial charge in [0.1, 0.15) is 11.5 Å². The molecule has 1 heterocycles. The topological polar surface area (TPSA) is 97.2 Å². The summed E-state index contributed by atoms with van der Waals surface area (Å²) in [6.45, 7) is 3.98. The number of allylic oxidation sites excluding steroid dienone is 1. The average Bonchev–Trinajstić information content (AvgIpc) is 2.81. The lowest BCUT2D eigenvalue weighted by Gasteiger charge is -2.36. The molecule has 0 spiro atoms. The smallest absolute Gasteiger partial charge is 0.254 e. The minimum absolute atomic E-state index is 0.0222. The summed E-state index contributed by atoms with van der Waals surface area (Å²) in [4.78, 5) is 31.5. The van der Waals surface area contributed by atoms with Crippen molar-refractivity contribution in [2.75, 3.05) is 19.0 Å². The SMILES string of the molecule is CCOc1cc([C@H]2C(C(=O)Nc3ccccc3OC)=C(C)N=C3CCCC(=O)C32)cc(Br)c1O. The highest BCUT2D eigenvalue weighted by molar-refractivity contribution is 9.10. The first-order valence-corrected chi connectivity index (χ1v) is 12.1. The molecule has 2 aromatic rings. The molecule has 34 heavy (non-hydrogen) atoms. The van der Waals surface area contributed by atoms with Gasteiger partial charge in [0.25, 0.3) is 5.91 Å². The number of hydrogen-bond donors (Lipinski definition) is 2. The molecule has 2 aromatic carbocycles. The number of phenolic OH excluding ortho intramolecular Hbond substituents is 1. The zero-order valence-corrected chi connectivity index (χ0v) is 20.9. The molecule has 1 amide bonds. The second-order valence-electron chi connectivity index (χ2n) is 8.31. The predicted octanol–water partition coefficient (Wildman–Crippen LogP) is 5.38. The normalized spacial score (nSPS) is 19.9. The number of amides is 1. The summed E-state index contributed by atoms with van der Waals surface area (Å²) in [7, 11) is 1.54. The van der Waals surface area contributed by atoms with E-state index in [4.69, 9.17) is 14.5 Å². The molecular formula is C26H27BrN2O5. The van der Waals surface area contributed by atoms with Gasteiger partial charge in [0.2, 0.25) is 0 Å². The lowest BCUT2D eigenvalue weighted by molar-refractivity contribution is -0.122. The number of carbonyl (C=O) groups is 2. The van der Waals surface area contributed by atoms with E-state index in [2.05, 4.69) is 21.2 Å². The molecule has 1 aliphatic carbocycles. The van der Waals surface area contributed by atoms with Gasteiger partial charge < -0.3 is 19.9 Å². The summed E-state index contributed by atoms with van der Waals surface area (Å²) in [5, 5.41) is 13.4. The highest BCUT2D eigenvalue weighted by Gasteiger charge is 2.43. The Kier molecular flexibility index (Phi) is 7.07. The molecule has 1 unspecified atom stereocenters. The molecule has 0 bridgehead atoms. The number of fused-ring (bicyclic) bond motifs is 1. The second kappa shape index (κ2) is 10.0. The van der Waals surface area contributed by atoms with Crippen LogP contribution in [0.25, 0.3) is 0 Å². The minimum Gasteiger partial charge on any atom is -0.503 e. The second-order valence-corrected chi connectivity index (χ2v) is 9.17. The molecule has 2 N–H and O–H groups in total. The standard InChI is InChI=1S/C26H27BrN2O5/c1-4-34-21-13-15(12-16(27)25(21)31)23-22(14(2)28-18-9-7-10-19(30)24(18)23)26(32)29-17-8-5-6-11-20(17)33-3/h5-6,8,11-13,23-24,31H,4,7,9-10H2,1-3H3,(H,29,32)/t23-,24?/m0/s1. The van der Waals surface area contributed by atoms with Crippen LogP contribution in [0, 0.1) is 5.92 Å². The van der Waals surface area contributed by atoms with Gasteiger partial charge in [0.15, 0.2) is 11.5 Å². The van der Waals surface area contributed by atoms with Crippen LogP contribution in [0.2, 0.25) is 0 Å². The Morgan fingerprint density at radius 3 is 2.71 bits per heavy atom. The number of ether oxygens (including phenoxy) is 2. The van der Waals surface area contributed by atoms with E-state index >= 15 is 0 Å². The first-order valence-electron chi connectivity index (χ1n) is 11.3. The van der Waals surface area contributed by atoms with Crippen molar-refractivity contribution < 1.29 is 24.2 Å². The lowest BCUT2D eigenvalue weighted by Crippen LogP contribution is -2.39. The summed E-state index contributed by atoms with van der Waals surface area (Å²) >= 11 is 3.40. The molecule has 1 aliphatic heterocycles. The van der Waals surface area contributed by atoms with Crippen LogP contribution in [0.15, 0.2) is 57.1 Å². The Labute approximate surface area is 207 Å². The molecule has 8 heteroatoms. The first kappa shape index (κ1) is 24.0. The van der Waals surface area contributed by atoms with E-state index in [-0.39, 0.29) is 17.4 Å². The fourth-order valence-electron chi connectivity index (χ4n) is 4.75. The number of para-hydroxylation sites is 2. The van der Waals surface area contributed by atoms with Gasteiger partial charge in [0, 0.05) is 29.3 Å². The third-order valence-electron chi connectivity index (χ3n) is 6.22. The molecule has 0 radical (unpaired) electrons. The molecular weight excluding hydrogens is 500 g/mol. The van der Waals surface area contributed by atoms with Crippen LogP contribution in [-0.4, -0.2) is 36.2 Å². The fourth-order valence-corrected chi connectivity index (χ4v) is 5.21. The summed E-state index contributed by atoms with van der Waals surface area (Å²) in [6.07, 6.45) is 1.90. The van der Waals surface area contributed by atoms with E-state index in [9.17, 15) is 14.7 Å². The fraction of sp³-hybridized carbons (Fsp3) is 0.346. The number of rotatable bonds is 6. The van der Waals surface area contributed by atoms with E-state index in [0.29, 0.717) is 57.9 Å². The molecule has 1 fully saturated rings. The third-order valence-corrected chi connectivity index (χ3v) is 6.82. The minimum atomic E-state index is -0.564. The number of Topliss-reactive ketones (excluding diaryl/α,β-unsaturated/α-hetero) is 1. The number of nitrogens with zero attached hydrogens (tertiary/aromatic N) is 1. The molecule has 4 rings (SSSR count). The average molecular weight is 527 g/mol. The number of phenols is 1. The quantitative estimate of drug-likeness (QED) is 0.526. The maximum atomic E-state index is 13.7. The van der Waals surface area contributed by atoms with Gasteiger partial charge >= 0.3 is 0 Å². The van der Waals surface area contributed by atoms with Crippen LogP contribution in [0.1, 0.15) is 44.6 Å². The van der Waals surface area contributed by atoms with Crippen molar-refractivity contribution in [1.29, 1.82) is 0 Å². The zero-order valence-electron chi connectivity index (χ0n) is 19.4. The van der Waals surface area contributed by atoms with E-state index in [0.717, 1.165) is 12.1 Å². The van der Waals surface area contributed by atoms with Gasteiger partial charge in [-0.2, -0.15) is 0 Å². The molecule has 1 saturated carbocycles. The van der Waals surface area contributed by atoms with E-state index in [1.165, 1.54) is 0 Å². The van der Waals surface area contributed by atoms with Crippen molar-refractivity contribution in [3.63, 3.8) is 0 Å². The number of benzene rings is 2. The van der Waals surface area contributed by atoms with Crippen molar-refractivity contribution in [2.24, 2.45) is 10.9 Å². The van der Waals surface area contributed by atoms with Gasteiger partial charge in [-0.15, -0.1) is 0 Å². The van der Waals surface area contributed by atoms with Crippen LogP contribution in [0.4, 0.5) is 5.69 Å². The van der Waals surface area contributed by atoms with Gasteiger partial charge in [-0.05, 0) is 72.4 Å². The molecule has 178 valence electrons. The number of hydrogen-bond acceptors (Lipinski definition) is 6. The zero-order chi connectivity index (χ0) is 24.4. The molecule has 0 saturated heterocycles. The summed E-state index contributed by atoms with van der Waals surface area (Å²) in [5.74, 6) is -0.590. The van der Waals surface area contributed by atoms with Gasteiger partial charge in [0.05, 0.1) is 29.8 Å². The first-order chi connectivity index (χ1) is 16.3. The largest absolute Gasteiger partial charge is 0.503 e. The van der Waals surface area contributed by atoms with Crippen molar-refractivity contribution in [3.05, 3.63) is 57.7 Å². The molecule has 2 aliphatic rings. The Morgan fingerprint density at radius 1 is 1.21 bits per heavy atom. The number of carbonyl (C=O) groups excluding carboxylic acids is 2.